The maximum atomic E-state index is 12.9. The molecule has 0 aromatic heterocycles. The van der Waals surface area contributed by atoms with E-state index in [1.54, 1.807) is 0 Å². The lowest BCUT2D eigenvalue weighted by Crippen LogP contribution is -2.13. The van der Waals surface area contributed by atoms with Crippen molar-refractivity contribution in [2.45, 2.75) is 24.9 Å². The van der Waals surface area contributed by atoms with Gasteiger partial charge in [-0.05, 0) is 48.7 Å². The molecule has 0 spiro atoms. The minimum Gasteiger partial charge on any atom is -0.330 e. The Morgan fingerprint density at radius 1 is 1.18 bits per heavy atom. The third-order valence-electron chi connectivity index (χ3n) is 3.50. The van der Waals surface area contributed by atoms with Crippen LogP contribution in [-0.4, -0.2) is 6.54 Å². The van der Waals surface area contributed by atoms with Crippen molar-refractivity contribution >= 4 is 34.8 Å². The lowest BCUT2D eigenvalue weighted by molar-refractivity contribution is -0.137. The molecule has 1 aliphatic carbocycles. The largest absolute Gasteiger partial charge is 0.416 e. The van der Waals surface area contributed by atoms with Gasteiger partial charge in [-0.2, -0.15) is 13.2 Å². The van der Waals surface area contributed by atoms with Crippen molar-refractivity contribution in [1.29, 1.82) is 0 Å². The average molecular weight is 371 g/mol. The summed E-state index contributed by atoms with van der Waals surface area (Å²) in [6.45, 7) is 0.243. The smallest absolute Gasteiger partial charge is 0.330 e. The normalized spacial score (nSPS) is 19.4. The monoisotopic (exact) mass is 369 g/mol. The number of benzene rings is 1. The zero-order valence-electron chi connectivity index (χ0n) is 11.4. The van der Waals surface area contributed by atoms with Crippen LogP contribution in [0.5, 0.6) is 0 Å². The maximum absolute atomic E-state index is 12.9. The molecule has 7 heteroatoms. The van der Waals surface area contributed by atoms with E-state index in [4.69, 9.17) is 40.5 Å². The molecule has 1 aromatic carbocycles. The van der Waals surface area contributed by atoms with Gasteiger partial charge in [-0.15, -0.1) is 0 Å². The zero-order chi connectivity index (χ0) is 16.5. The highest BCUT2D eigenvalue weighted by atomic mass is 35.5. The molecular weight excluding hydrogens is 358 g/mol. The van der Waals surface area contributed by atoms with E-state index in [-0.39, 0.29) is 12.5 Å². The fraction of sp³-hybridized carbons (Fsp3) is 0.333. The Hall–Kier alpha value is -0.680. The second-order valence-corrected chi connectivity index (χ2v) is 6.29. The number of allylic oxidation sites excluding steroid dienone is 4. The second-order valence-electron chi connectivity index (χ2n) is 4.99. The van der Waals surface area contributed by atoms with Crippen LogP contribution in [0.15, 0.2) is 39.4 Å². The van der Waals surface area contributed by atoms with Gasteiger partial charge in [-0.1, -0.05) is 40.9 Å². The highest BCUT2D eigenvalue weighted by Gasteiger charge is 2.32. The third kappa shape index (κ3) is 3.80. The number of nitrogens with two attached hydrogens (primary N) is 1. The first-order valence-corrected chi connectivity index (χ1v) is 7.68. The van der Waals surface area contributed by atoms with Crippen LogP contribution < -0.4 is 5.73 Å². The van der Waals surface area contributed by atoms with Gasteiger partial charge < -0.3 is 5.73 Å². The molecule has 0 saturated carbocycles. The summed E-state index contributed by atoms with van der Waals surface area (Å²) in [5, 5.41) is 1.25. The molecule has 0 heterocycles. The van der Waals surface area contributed by atoms with Crippen LogP contribution in [0.2, 0.25) is 0 Å². The van der Waals surface area contributed by atoms with Crippen LogP contribution in [0.4, 0.5) is 13.2 Å². The maximum Gasteiger partial charge on any atom is 0.416 e. The lowest BCUT2D eigenvalue weighted by atomic mass is 9.86. The minimum absolute atomic E-state index is 0.243. The van der Waals surface area contributed by atoms with Crippen LogP contribution in [-0.2, 0) is 12.6 Å². The van der Waals surface area contributed by atoms with Crippen molar-refractivity contribution in [3.8, 4) is 0 Å². The quantitative estimate of drug-likeness (QED) is 0.746. The van der Waals surface area contributed by atoms with E-state index >= 15 is 0 Å². The summed E-state index contributed by atoms with van der Waals surface area (Å²) in [4.78, 5) is 0. The summed E-state index contributed by atoms with van der Waals surface area (Å²) < 4.78 is 38.6. The standard InChI is InChI=1S/C15H13Cl3F3N/c16-12-7-14(18)13(17)6-11(12)10-2-1-9(15(19,20)21)5-8(10)3-4-22/h1-2,5,7,11H,3-4,6,22H2. The van der Waals surface area contributed by atoms with E-state index in [0.29, 0.717) is 39.1 Å². The number of halogens is 6. The first kappa shape index (κ1) is 17.7. The van der Waals surface area contributed by atoms with Crippen LogP contribution in [0.1, 0.15) is 29.0 Å². The fourth-order valence-corrected chi connectivity index (χ4v) is 3.19. The summed E-state index contributed by atoms with van der Waals surface area (Å²) in [6, 6.07) is 3.62. The van der Waals surface area contributed by atoms with Gasteiger partial charge in [-0.25, -0.2) is 0 Å². The topological polar surface area (TPSA) is 26.0 Å². The Balaban J connectivity index is 2.45. The lowest BCUT2D eigenvalue weighted by Gasteiger charge is -2.24. The first-order chi connectivity index (χ1) is 10.2. The molecule has 0 amide bonds. The molecule has 1 aromatic rings. The van der Waals surface area contributed by atoms with E-state index < -0.39 is 11.7 Å². The van der Waals surface area contributed by atoms with Crippen molar-refractivity contribution in [2.24, 2.45) is 5.73 Å². The molecule has 0 saturated heterocycles. The summed E-state index contributed by atoms with van der Waals surface area (Å²) in [5.74, 6) is -0.305. The Morgan fingerprint density at radius 2 is 1.86 bits per heavy atom. The molecule has 1 unspecified atom stereocenters. The van der Waals surface area contributed by atoms with E-state index in [2.05, 4.69) is 0 Å². The van der Waals surface area contributed by atoms with Gasteiger partial charge in [0, 0.05) is 16.0 Å². The van der Waals surface area contributed by atoms with Gasteiger partial charge >= 0.3 is 6.18 Å². The molecule has 1 nitrogen and oxygen atoms in total. The predicted octanol–water partition coefficient (Wildman–Crippen LogP) is 5.51. The molecule has 0 bridgehead atoms. The van der Waals surface area contributed by atoms with Crippen molar-refractivity contribution in [1.82, 2.24) is 0 Å². The van der Waals surface area contributed by atoms with E-state index in [1.165, 1.54) is 12.1 Å². The summed E-state index contributed by atoms with van der Waals surface area (Å²) >= 11 is 18.2. The predicted molar refractivity (Wildman–Crippen MR) is 84.2 cm³/mol. The van der Waals surface area contributed by atoms with Crippen molar-refractivity contribution in [3.05, 3.63) is 56.1 Å². The Labute approximate surface area is 141 Å². The van der Waals surface area contributed by atoms with Gasteiger partial charge in [0.25, 0.3) is 0 Å². The van der Waals surface area contributed by atoms with Crippen LogP contribution >= 0.6 is 34.8 Å². The first-order valence-electron chi connectivity index (χ1n) is 6.55. The highest BCUT2D eigenvalue weighted by Crippen LogP contribution is 2.43. The van der Waals surface area contributed by atoms with E-state index in [1.807, 2.05) is 0 Å². The number of hydrogen-bond donors (Lipinski definition) is 1. The number of rotatable bonds is 3. The Kier molecular flexibility index (Phi) is 5.49. The molecule has 1 atom stereocenters. The molecule has 120 valence electrons. The number of alkyl halides is 3. The molecular formula is C15H13Cl3F3N. The van der Waals surface area contributed by atoms with Crippen molar-refractivity contribution < 1.29 is 13.2 Å². The van der Waals surface area contributed by atoms with Crippen LogP contribution in [0.25, 0.3) is 0 Å². The van der Waals surface area contributed by atoms with Gasteiger partial charge in [0.2, 0.25) is 0 Å². The SMILES string of the molecule is NCCc1cc(C(F)(F)F)ccc1C1CC(Cl)=C(Cl)C=C1Cl. The molecule has 2 N–H and O–H groups in total. The molecule has 0 fully saturated rings. The van der Waals surface area contributed by atoms with E-state index in [9.17, 15) is 13.2 Å². The summed E-state index contributed by atoms with van der Waals surface area (Å²) in [6.07, 6.45) is -2.17. The zero-order valence-corrected chi connectivity index (χ0v) is 13.6. The van der Waals surface area contributed by atoms with Gasteiger partial charge in [0.1, 0.15) is 0 Å². The highest BCUT2D eigenvalue weighted by molar-refractivity contribution is 6.42. The minimum atomic E-state index is -4.39. The van der Waals surface area contributed by atoms with Crippen LogP contribution in [0, 0.1) is 0 Å². The Bertz CT molecular complexity index is 635. The Morgan fingerprint density at radius 3 is 2.45 bits per heavy atom. The fourth-order valence-electron chi connectivity index (χ4n) is 2.43. The third-order valence-corrected chi connectivity index (χ3v) is 4.66. The number of hydrogen-bond acceptors (Lipinski definition) is 1. The average Bonchev–Trinajstić information content (AvgIpc) is 2.42. The van der Waals surface area contributed by atoms with Crippen molar-refractivity contribution in [2.75, 3.05) is 6.54 Å². The van der Waals surface area contributed by atoms with Gasteiger partial charge in [0.05, 0.1) is 10.6 Å². The van der Waals surface area contributed by atoms with Crippen molar-refractivity contribution in [3.63, 3.8) is 0 Å². The van der Waals surface area contributed by atoms with Gasteiger partial charge in [-0.3, -0.25) is 0 Å². The molecule has 0 radical (unpaired) electrons. The molecule has 22 heavy (non-hydrogen) atoms. The molecule has 2 rings (SSSR count). The van der Waals surface area contributed by atoms with E-state index in [0.717, 1.165) is 12.1 Å². The van der Waals surface area contributed by atoms with Crippen LogP contribution in [0.3, 0.4) is 0 Å². The summed E-state index contributed by atoms with van der Waals surface area (Å²) in [7, 11) is 0. The van der Waals surface area contributed by atoms with Gasteiger partial charge in [0.15, 0.2) is 0 Å². The second kappa shape index (κ2) is 6.83. The molecule has 1 aliphatic rings. The summed E-state index contributed by atoms with van der Waals surface area (Å²) in [5.41, 5.74) is 6.04. The molecule has 0 aliphatic heterocycles.